The van der Waals surface area contributed by atoms with E-state index in [0.29, 0.717) is 10.8 Å². The molecule has 0 fully saturated rings. The van der Waals surface area contributed by atoms with Crippen molar-refractivity contribution in [3.63, 3.8) is 0 Å². The van der Waals surface area contributed by atoms with E-state index in [4.69, 9.17) is 11.6 Å². The Balaban J connectivity index is 0.000000186. The summed E-state index contributed by atoms with van der Waals surface area (Å²) >= 11 is 5.85. The molecule has 0 aromatic carbocycles. The Hall–Kier alpha value is -3.13. The topological polar surface area (TPSA) is 101 Å². The molecule has 8 nitrogen and oxygen atoms in total. The second kappa shape index (κ2) is 10.7. The van der Waals surface area contributed by atoms with Gasteiger partial charge in [0.1, 0.15) is 5.15 Å². The number of halogens is 1. The van der Waals surface area contributed by atoms with Crippen LogP contribution in [0.5, 0.6) is 0 Å². The van der Waals surface area contributed by atoms with Crippen LogP contribution < -0.4 is 11.4 Å². The number of hydrogen-bond acceptors (Lipinski definition) is 4. The Morgan fingerprint density at radius 3 is 1.76 bits per heavy atom. The van der Waals surface area contributed by atoms with Crippen LogP contribution in [-0.4, -0.2) is 29.1 Å². The molecule has 0 radical (unpaired) electrons. The molecule has 4 rings (SSSR count). The summed E-state index contributed by atoms with van der Waals surface area (Å²) in [5, 5.41) is 0.409. The van der Waals surface area contributed by atoms with Crippen molar-refractivity contribution >= 4 is 40.0 Å². The number of imidazole rings is 2. The molecule has 4 aromatic rings. The van der Waals surface area contributed by atoms with E-state index in [-0.39, 0.29) is 23.5 Å². The van der Waals surface area contributed by atoms with Gasteiger partial charge in [0.25, 0.3) is 0 Å². The zero-order valence-electron chi connectivity index (χ0n) is 19.6. The standard InChI is InChI=1S/C13H17N3O.C11H14ClN3O/c1-4-9-7-8-11-12(14-9)16(13(17)15-11)10(5-2)6-3;1-3-7(4-2)15-10-8(13-11(15)16)5-6-9(12)14-10/h4,7-8,10H,1,5-6H2,2-3H3,(H,15,17);5-7H,3-4H2,1-2H3,(H,13,16). The van der Waals surface area contributed by atoms with E-state index in [2.05, 4.69) is 54.2 Å². The lowest BCUT2D eigenvalue weighted by molar-refractivity contribution is 0.469. The summed E-state index contributed by atoms with van der Waals surface area (Å²) < 4.78 is 3.45. The van der Waals surface area contributed by atoms with Crippen LogP contribution in [0.4, 0.5) is 0 Å². The van der Waals surface area contributed by atoms with E-state index in [9.17, 15) is 9.59 Å². The average Bonchev–Trinajstić information content (AvgIpc) is 3.31. The molecule has 176 valence electrons. The van der Waals surface area contributed by atoms with Crippen molar-refractivity contribution in [3.8, 4) is 0 Å². The fourth-order valence-electron chi connectivity index (χ4n) is 4.09. The lowest BCUT2D eigenvalue weighted by Gasteiger charge is -2.13. The fraction of sp³-hybridized carbons (Fsp3) is 0.417. The molecule has 0 amide bonds. The zero-order chi connectivity index (χ0) is 24.1. The van der Waals surface area contributed by atoms with Gasteiger partial charge in [-0.25, -0.2) is 19.6 Å². The number of rotatable bonds is 7. The van der Waals surface area contributed by atoms with Crippen molar-refractivity contribution in [1.82, 2.24) is 29.1 Å². The van der Waals surface area contributed by atoms with Crippen molar-refractivity contribution in [2.45, 2.75) is 65.5 Å². The van der Waals surface area contributed by atoms with Crippen LogP contribution in [0, 0.1) is 0 Å². The molecule has 0 aliphatic heterocycles. The summed E-state index contributed by atoms with van der Waals surface area (Å²) in [5.74, 6) is 0. The highest BCUT2D eigenvalue weighted by molar-refractivity contribution is 6.29. The summed E-state index contributed by atoms with van der Waals surface area (Å²) in [5.41, 5.74) is 3.48. The van der Waals surface area contributed by atoms with Crippen molar-refractivity contribution < 1.29 is 0 Å². The summed E-state index contributed by atoms with van der Waals surface area (Å²) in [6.07, 6.45) is 5.33. The molecule has 0 bridgehead atoms. The minimum absolute atomic E-state index is 0.0811. The van der Waals surface area contributed by atoms with Crippen molar-refractivity contribution in [2.75, 3.05) is 0 Å². The predicted octanol–water partition coefficient (Wildman–Crippen LogP) is 5.47. The second-order valence-corrected chi connectivity index (χ2v) is 8.24. The first-order valence-electron chi connectivity index (χ1n) is 11.4. The maximum atomic E-state index is 11.9. The molecular weight excluding hydrogens is 440 g/mol. The highest BCUT2D eigenvalue weighted by atomic mass is 35.5. The number of nitrogens with one attached hydrogen (secondary N) is 2. The van der Waals surface area contributed by atoms with Crippen molar-refractivity contribution in [3.05, 3.63) is 62.7 Å². The van der Waals surface area contributed by atoms with Crippen molar-refractivity contribution in [1.29, 1.82) is 0 Å². The Bertz CT molecular complexity index is 1360. The first-order valence-corrected chi connectivity index (χ1v) is 11.8. The average molecular weight is 471 g/mol. The van der Waals surface area contributed by atoms with Gasteiger partial charge in [-0.2, -0.15) is 0 Å². The lowest BCUT2D eigenvalue weighted by atomic mass is 10.2. The molecule has 33 heavy (non-hydrogen) atoms. The molecule has 0 unspecified atom stereocenters. The Labute approximate surface area is 197 Å². The largest absolute Gasteiger partial charge is 0.327 e. The summed E-state index contributed by atoms with van der Waals surface area (Å²) in [6, 6.07) is 7.56. The predicted molar refractivity (Wildman–Crippen MR) is 135 cm³/mol. The molecule has 0 spiro atoms. The molecule has 9 heteroatoms. The minimum Gasteiger partial charge on any atom is -0.304 e. The van der Waals surface area contributed by atoms with Gasteiger partial charge in [0.2, 0.25) is 0 Å². The summed E-state index contributed by atoms with van der Waals surface area (Å²) in [6.45, 7) is 12.0. The first kappa shape index (κ1) is 24.5. The maximum Gasteiger partial charge on any atom is 0.327 e. The Morgan fingerprint density at radius 1 is 0.848 bits per heavy atom. The molecule has 0 saturated carbocycles. The highest BCUT2D eigenvalue weighted by Crippen LogP contribution is 2.20. The van der Waals surface area contributed by atoms with E-state index < -0.39 is 0 Å². The van der Waals surface area contributed by atoms with Gasteiger partial charge >= 0.3 is 11.4 Å². The van der Waals surface area contributed by atoms with Gasteiger partial charge in [-0.05, 0) is 56.0 Å². The molecule has 0 aliphatic rings. The number of H-pyrrole nitrogens is 2. The van der Waals surface area contributed by atoms with E-state index in [1.165, 1.54) is 0 Å². The first-order chi connectivity index (χ1) is 15.9. The normalized spacial score (nSPS) is 11.4. The van der Waals surface area contributed by atoms with Gasteiger partial charge in [-0.1, -0.05) is 45.9 Å². The highest BCUT2D eigenvalue weighted by Gasteiger charge is 2.16. The quantitative estimate of drug-likeness (QED) is 0.350. The van der Waals surface area contributed by atoms with E-state index in [1.807, 2.05) is 12.1 Å². The number of aromatic nitrogens is 6. The van der Waals surface area contributed by atoms with E-state index in [1.54, 1.807) is 27.3 Å². The van der Waals surface area contributed by atoms with Crippen LogP contribution in [0.2, 0.25) is 5.15 Å². The van der Waals surface area contributed by atoms with E-state index >= 15 is 0 Å². The fourth-order valence-corrected chi connectivity index (χ4v) is 4.24. The van der Waals surface area contributed by atoms with Gasteiger partial charge in [-0.3, -0.25) is 9.13 Å². The van der Waals surface area contributed by atoms with Gasteiger partial charge in [-0.15, -0.1) is 0 Å². The second-order valence-electron chi connectivity index (χ2n) is 7.86. The van der Waals surface area contributed by atoms with Crippen molar-refractivity contribution in [2.24, 2.45) is 0 Å². The Kier molecular flexibility index (Phi) is 7.92. The van der Waals surface area contributed by atoms with Crippen LogP contribution >= 0.6 is 11.6 Å². The van der Waals surface area contributed by atoms with Gasteiger partial charge in [0.05, 0.1) is 16.7 Å². The van der Waals surface area contributed by atoms with Crippen LogP contribution in [0.3, 0.4) is 0 Å². The monoisotopic (exact) mass is 470 g/mol. The van der Waals surface area contributed by atoms with Gasteiger partial charge in [0.15, 0.2) is 11.3 Å². The molecule has 0 aliphatic carbocycles. The number of pyridine rings is 2. The molecule has 4 aromatic heterocycles. The summed E-state index contributed by atoms with van der Waals surface area (Å²) in [4.78, 5) is 38.1. The zero-order valence-corrected chi connectivity index (χ0v) is 20.3. The van der Waals surface area contributed by atoms with Crippen LogP contribution in [0.25, 0.3) is 28.4 Å². The number of fused-ring (bicyclic) bond motifs is 2. The maximum absolute atomic E-state index is 11.9. The van der Waals surface area contributed by atoms with E-state index in [0.717, 1.165) is 48.1 Å². The van der Waals surface area contributed by atoms with Gasteiger partial charge < -0.3 is 9.97 Å². The van der Waals surface area contributed by atoms with Crippen LogP contribution in [0.15, 0.2) is 40.4 Å². The van der Waals surface area contributed by atoms with Gasteiger partial charge in [0, 0.05) is 12.1 Å². The third kappa shape index (κ3) is 4.95. The third-order valence-electron chi connectivity index (χ3n) is 5.94. The van der Waals surface area contributed by atoms with Crippen LogP contribution in [0.1, 0.15) is 71.2 Å². The number of aromatic amines is 2. The third-order valence-corrected chi connectivity index (χ3v) is 6.15. The molecule has 2 N–H and O–H groups in total. The smallest absolute Gasteiger partial charge is 0.304 e. The lowest BCUT2D eigenvalue weighted by Crippen LogP contribution is -2.21. The summed E-state index contributed by atoms with van der Waals surface area (Å²) in [7, 11) is 0. The SMILES string of the molecule is C=Cc1ccc2[nH]c(=O)n(C(CC)CC)c2n1.CCC(CC)n1c(=O)[nH]c2ccc(Cl)nc21. The van der Waals surface area contributed by atoms with Crippen LogP contribution in [-0.2, 0) is 0 Å². The molecular formula is C24H31ClN6O2. The number of nitrogens with zero attached hydrogens (tertiary/aromatic N) is 4. The Morgan fingerprint density at radius 2 is 1.30 bits per heavy atom. The molecule has 4 heterocycles. The molecule has 0 saturated heterocycles. The molecule has 0 atom stereocenters. The number of hydrogen-bond donors (Lipinski definition) is 2. The minimum atomic E-state index is -0.113.